The maximum absolute atomic E-state index is 4.78. The Labute approximate surface area is 150 Å². The van der Waals surface area contributed by atoms with Crippen LogP contribution >= 0.6 is 0 Å². The van der Waals surface area contributed by atoms with Gasteiger partial charge < -0.3 is 4.90 Å². The third-order valence-corrected chi connectivity index (χ3v) is 6.18. The quantitative estimate of drug-likeness (QED) is 0.841. The van der Waals surface area contributed by atoms with E-state index in [1.807, 2.05) is 6.92 Å². The van der Waals surface area contributed by atoms with Crippen LogP contribution in [-0.2, 0) is 0 Å². The molecule has 0 amide bonds. The number of rotatable bonds is 2. The molecular weight excluding hydrogens is 308 g/mol. The predicted octanol–water partition coefficient (Wildman–Crippen LogP) is 3.45. The normalized spacial score (nSPS) is 26.3. The molecule has 0 spiro atoms. The Bertz CT molecular complexity index is 800. The third-order valence-electron chi connectivity index (χ3n) is 6.18. The van der Waals surface area contributed by atoms with E-state index >= 15 is 0 Å². The lowest BCUT2D eigenvalue weighted by atomic mass is 9.88. The van der Waals surface area contributed by atoms with Crippen molar-refractivity contribution < 1.29 is 0 Å². The van der Waals surface area contributed by atoms with Crippen LogP contribution in [0.15, 0.2) is 24.3 Å². The van der Waals surface area contributed by atoms with Gasteiger partial charge in [-0.05, 0) is 51.8 Å². The molecule has 2 aliphatic rings. The zero-order chi connectivity index (χ0) is 17.7. The molecule has 4 heteroatoms. The van der Waals surface area contributed by atoms with Crippen molar-refractivity contribution in [1.82, 2.24) is 14.9 Å². The van der Waals surface area contributed by atoms with E-state index in [9.17, 15) is 0 Å². The van der Waals surface area contributed by atoms with Crippen molar-refractivity contribution in [2.45, 2.75) is 33.7 Å². The largest absolute Gasteiger partial charge is 0.356 e. The average molecular weight is 336 g/mol. The molecule has 0 N–H and O–H groups in total. The van der Waals surface area contributed by atoms with E-state index in [1.54, 1.807) is 0 Å². The van der Waals surface area contributed by atoms with Gasteiger partial charge in [0.2, 0.25) is 0 Å². The fraction of sp³-hybridized carbons (Fsp3) is 0.524. The Morgan fingerprint density at radius 2 is 1.72 bits per heavy atom. The number of aromatic nitrogens is 2. The van der Waals surface area contributed by atoms with Gasteiger partial charge in [-0.25, -0.2) is 9.97 Å². The van der Waals surface area contributed by atoms with E-state index in [-0.39, 0.29) is 0 Å². The van der Waals surface area contributed by atoms with Crippen LogP contribution in [0.5, 0.6) is 0 Å². The van der Waals surface area contributed by atoms with Crippen molar-refractivity contribution in [1.29, 1.82) is 0 Å². The molecule has 2 aromatic rings. The first-order valence-electron chi connectivity index (χ1n) is 9.28. The molecule has 2 aliphatic heterocycles. The Morgan fingerprint density at radius 1 is 0.960 bits per heavy atom. The predicted molar refractivity (Wildman–Crippen MR) is 102 cm³/mol. The molecule has 3 heterocycles. The van der Waals surface area contributed by atoms with E-state index in [2.05, 4.69) is 66.9 Å². The van der Waals surface area contributed by atoms with Crippen LogP contribution in [0.4, 0.5) is 5.82 Å². The Hall–Kier alpha value is -1.94. The summed E-state index contributed by atoms with van der Waals surface area (Å²) in [6, 6.07) is 9.39. The molecular formula is C21H28N4. The minimum Gasteiger partial charge on any atom is -0.356 e. The first kappa shape index (κ1) is 16.5. The van der Waals surface area contributed by atoms with Gasteiger partial charge >= 0.3 is 0 Å². The summed E-state index contributed by atoms with van der Waals surface area (Å²) in [5.74, 6) is 3.40. The van der Waals surface area contributed by atoms with E-state index in [0.717, 1.165) is 30.4 Å². The van der Waals surface area contributed by atoms with E-state index in [4.69, 9.17) is 4.98 Å². The lowest BCUT2D eigenvalue weighted by Gasteiger charge is -2.29. The summed E-state index contributed by atoms with van der Waals surface area (Å²) in [6.07, 6.45) is 0. The molecule has 2 saturated heterocycles. The highest BCUT2D eigenvalue weighted by molar-refractivity contribution is 5.50. The number of hydrogen-bond acceptors (Lipinski definition) is 4. The van der Waals surface area contributed by atoms with Gasteiger partial charge in [-0.15, -0.1) is 0 Å². The number of aryl methyl sites for hydroxylation is 3. The van der Waals surface area contributed by atoms with Gasteiger partial charge in [-0.3, -0.25) is 4.90 Å². The van der Waals surface area contributed by atoms with Crippen molar-refractivity contribution >= 4 is 5.82 Å². The van der Waals surface area contributed by atoms with Gasteiger partial charge in [0, 0.05) is 42.9 Å². The van der Waals surface area contributed by atoms with Crippen LogP contribution in [0, 0.1) is 39.5 Å². The maximum Gasteiger partial charge on any atom is 0.135 e. The fourth-order valence-electron chi connectivity index (χ4n) is 4.88. The average Bonchev–Trinajstić information content (AvgIpc) is 3.08. The summed E-state index contributed by atoms with van der Waals surface area (Å²) in [5.41, 5.74) is 5.23. The van der Waals surface area contributed by atoms with Crippen molar-refractivity contribution in [3.8, 4) is 0 Å². The number of nitrogens with zero attached hydrogens (tertiary/aromatic N) is 4. The summed E-state index contributed by atoms with van der Waals surface area (Å²) >= 11 is 0. The second-order valence-electron chi connectivity index (χ2n) is 7.87. The van der Waals surface area contributed by atoms with E-state index in [1.165, 1.54) is 23.2 Å². The van der Waals surface area contributed by atoms with Crippen LogP contribution in [-0.4, -0.2) is 41.5 Å². The summed E-state index contributed by atoms with van der Waals surface area (Å²) in [5, 5.41) is 0. The highest BCUT2D eigenvalue weighted by Crippen LogP contribution is 2.45. The minimum atomic E-state index is 0.514. The lowest BCUT2D eigenvalue weighted by molar-refractivity contribution is 0.279. The lowest BCUT2D eigenvalue weighted by Crippen LogP contribution is -2.30. The molecule has 0 saturated carbocycles. The molecule has 25 heavy (non-hydrogen) atoms. The third kappa shape index (κ3) is 2.73. The highest BCUT2D eigenvalue weighted by Gasteiger charge is 2.47. The number of hydrogen-bond donors (Lipinski definition) is 0. The van der Waals surface area contributed by atoms with Crippen molar-refractivity contribution in [3.05, 3.63) is 52.5 Å². The summed E-state index contributed by atoms with van der Waals surface area (Å²) in [6.45, 7) is 11.8. The first-order chi connectivity index (χ1) is 12.0. The molecule has 4 rings (SSSR count). The van der Waals surface area contributed by atoms with Crippen molar-refractivity contribution in [3.63, 3.8) is 0 Å². The molecule has 132 valence electrons. The van der Waals surface area contributed by atoms with E-state index in [0.29, 0.717) is 17.9 Å². The standard InChI is InChI=1S/C21H28N4/c1-13-8-6-7-9-18(13)20-19-12-25(11-17(19)10-24(20)5)21-14(2)15(3)22-16(4)23-21/h6-9,17,19-20H,10-12H2,1-5H3/t17-,19+,20-/m0/s1. The molecule has 1 aromatic heterocycles. The monoisotopic (exact) mass is 336 g/mol. The zero-order valence-corrected chi connectivity index (χ0v) is 16.0. The first-order valence-corrected chi connectivity index (χ1v) is 9.28. The summed E-state index contributed by atoms with van der Waals surface area (Å²) in [7, 11) is 2.28. The molecule has 2 fully saturated rings. The van der Waals surface area contributed by atoms with Gasteiger partial charge in [0.1, 0.15) is 11.6 Å². The van der Waals surface area contributed by atoms with Crippen LogP contribution in [0.1, 0.15) is 34.3 Å². The van der Waals surface area contributed by atoms with Crippen LogP contribution in [0.3, 0.4) is 0 Å². The van der Waals surface area contributed by atoms with Crippen molar-refractivity contribution in [2.75, 3.05) is 31.6 Å². The van der Waals surface area contributed by atoms with Crippen LogP contribution in [0.25, 0.3) is 0 Å². The molecule has 3 atom stereocenters. The fourth-order valence-corrected chi connectivity index (χ4v) is 4.88. The number of fused-ring (bicyclic) bond motifs is 1. The highest BCUT2D eigenvalue weighted by atomic mass is 15.3. The number of benzene rings is 1. The topological polar surface area (TPSA) is 32.3 Å². The molecule has 0 unspecified atom stereocenters. The Balaban J connectivity index is 1.65. The second kappa shape index (κ2) is 6.10. The molecule has 0 bridgehead atoms. The van der Waals surface area contributed by atoms with Crippen molar-refractivity contribution in [2.24, 2.45) is 11.8 Å². The van der Waals surface area contributed by atoms with Gasteiger partial charge in [0.15, 0.2) is 0 Å². The summed E-state index contributed by atoms with van der Waals surface area (Å²) < 4.78 is 0. The Morgan fingerprint density at radius 3 is 2.48 bits per heavy atom. The van der Waals surface area contributed by atoms with Gasteiger partial charge in [0.05, 0.1) is 0 Å². The van der Waals surface area contributed by atoms with Gasteiger partial charge in [0.25, 0.3) is 0 Å². The molecule has 0 aliphatic carbocycles. The number of likely N-dealkylation sites (tertiary alicyclic amines) is 1. The van der Waals surface area contributed by atoms with Gasteiger partial charge in [-0.2, -0.15) is 0 Å². The van der Waals surface area contributed by atoms with Gasteiger partial charge in [-0.1, -0.05) is 24.3 Å². The zero-order valence-electron chi connectivity index (χ0n) is 16.0. The molecule has 1 aromatic carbocycles. The SMILES string of the molecule is Cc1nc(C)c(C)c(N2C[C@@H]3CN(C)[C@@H](c4ccccc4C)[C@@H]3C2)n1. The maximum atomic E-state index is 4.78. The van der Waals surface area contributed by atoms with Crippen LogP contribution in [0.2, 0.25) is 0 Å². The summed E-state index contributed by atoms with van der Waals surface area (Å²) in [4.78, 5) is 14.4. The molecule has 4 nitrogen and oxygen atoms in total. The molecule has 0 radical (unpaired) electrons. The van der Waals surface area contributed by atoms with E-state index < -0.39 is 0 Å². The second-order valence-corrected chi connectivity index (χ2v) is 7.87. The minimum absolute atomic E-state index is 0.514. The Kier molecular flexibility index (Phi) is 4.03. The van der Waals surface area contributed by atoms with Crippen LogP contribution < -0.4 is 4.90 Å². The smallest absolute Gasteiger partial charge is 0.135 e. The number of anilines is 1.